The van der Waals surface area contributed by atoms with E-state index in [0.29, 0.717) is 0 Å². The lowest BCUT2D eigenvalue weighted by molar-refractivity contribution is -0.0394. The fourth-order valence-corrected chi connectivity index (χ4v) is 3.03. The quantitative estimate of drug-likeness (QED) is 0.738. The van der Waals surface area contributed by atoms with Crippen LogP contribution in [0.15, 0.2) is 30.7 Å². The zero-order valence-corrected chi connectivity index (χ0v) is 12.6. The Labute approximate surface area is 128 Å². The van der Waals surface area contributed by atoms with Crippen LogP contribution in [0.2, 0.25) is 0 Å². The van der Waals surface area contributed by atoms with Crippen LogP contribution >= 0.6 is 0 Å². The Bertz CT molecular complexity index is 813. The van der Waals surface area contributed by atoms with Gasteiger partial charge in [-0.1, -0.05) is 0 Å². The highest BCUT2D eigenvalue weighted by Crippen LogP contribution is 2.31. The van der Waals surface area contributed by atoms with E-state index < -0.39 is 0 Å². The maximum Gasteiger partial charge on any atom is 0.150 e. The van der Waals surface area contributed by atoms with Gasteiger partial charge in [-0.15, -0.1) is 0 Å². The van der Waals surface area contributed by atoms with Crippen LogP contribution in [0.25, 0.3) is 22.0 Å². The summed E-state index contributed by atoms with van der Waals surface area (Å²) in [6, 6.07) is 4.03. The molecule has 114 valence electrons. The van der Waals surface area contributed by atoms with Gasteiger partial charge < -0.3 is 10.5 Å². The molecule has 0 spiro atoms. The van der Waals surface area contributed by atoms with Crippen molar-refractivity contribution in [3.8, 4) is 11.1 Å². The minimum atomic E-state index is 0.0455. The Morgan fingerprint density at radius 1 is 1.23 bits per heavy atom. The van der Waals surface area contributed by atoms with Crippen LogP contribution < -0.4 is 5.73 Å². The van der Waals surface area contributed by atoms with Gasteiger partial charge in [0, 0.05) is 42.1 Å². The number of aromatic nitrogens is 4. The van der Waals surface area contributed by atoms with Crippen molar-refractivity contribution in [3.05, 3.63) is 30.7 Å². The molecule has 1 aliphatic heterocycles. The molecule has 0 radical (unpaired) electrons. The van der Waals surface area contributed by atoms with E-state index in [-0.39, 0.29) is 6.23 Å². The molecular formula is C16H19N5O. The van der Waals surface area contributed by atoms with Crippen molar-refractivity contribution in [2.45, 2.75) is 25.5 Å². The smallest absolute Gasteiger partial charge is 0.150 e. The van der Waals surface area contributed by atoms with Crippen molar-refractivity contribution in [1.29, 1.82) is 0 Å². The summed E-state index contributed by atoms with van der Waals surface area (Å²) in [5.41, 5.74) is 10.0. The van der Waals surface area contributed by atoms with Gasteiger partial charge in [-0.25, -0.2) is 4.68 Å². The van der Waals surface area contributed by atoms with Crippen molar-refractivity contribution in [3.63, 3.8) is 0 Å². The van der Waals surface area contributed by atoms with E-state index in [1.807, 2.05) is 41.1 Å². The summed E-state index contributed by atoms with van der Waals surface area (Å²) in [6.07, 6.45) is 9.07. The molecule has 0 saturated carbocycles. The SMILES string of the molecule is Cn1ncc2cc(N)c(-c3cnn(C4CCCCO4)c3)cc21. The zero-order chi connectivity index (χ0) is 15.1. The summed E-state index contributed by atoms with van der Waals surface area (Å²) >= 11 is 0. The van der Waals surface area contributed by atoms with Crippen molar-refractivity contribution >= 4 is 16.6 Å². The molecule has 1 aliphatic rings. The molecule has 2 N–H and O–H groups in total. The third kappa shape index (κ3) is 2.16. The third-order valence-electron chi connectivity index (χ3n) is 4.28. The second kappa shape index (κ2) is 5.14. The third-order valence-corrected chi connectivity index (χ3v) is 4.28. The summed E-state index contributed by atoms with van der Waals surface area (Å²) in [6.45, 7) is 0.809. The normalized spacial score (nSPS) is 18.9. The molecule has 1 unspecified atom stereocenters. The van der Waals surface area contributed by atoms with E-state index in [1.165, 1.54) is 6.42 Å². The van der Waals surface area contributed by atoms with Crippen LogP contribution in [0.4, 0.5) is 5.69 Å². The molecule has 0 bridgehead atoms. The van der Waals surface area contributed by atoms with Crippen molar-refractivity contribution in [2.75, 3.05) is 12.3 Å². The van der Waals surface area contributed by atoms with Gasteiger partial charge in [0.2, 0.25) is 0 Å². The van der Waals surface area contributed by atoms with Crippen LogP contribution in [0.5, 0.6) is 0 Å². The Kier molecular flexibility index (Phi) is 3.11. The summed E-state index contributed by atoms with van der Waals surface area (Å²) < 4.78 is 9.53. The number of nitrogens with two attached hydrogens (primary N) is 1. The number of fused-ring (bicyclic) bond motifs is 1. The highest BCUT2D eigenvalue weighted by molar-refractivity contribution is 5.91. The predicted molar refractivity (Wildman–Crippen MR) is 85.2 cm³/mol. The van der Waals surface area contributed by atoms with E-state index in [9.17, 15) is 0 Å². The van der Waals surface area contributed by atoms with Gasteiger partial charge in [0.05, 0.1) is 17.9 Å². The van der Waals surface area contributed by atoms with E-state index in [2.05, 4.69) is 16.3 Å². The minimum absolute atomic E-state index is 0.0455. The first-order valence-corrected chi connectivity index (χ1v) is 7.60. The monoisotopic (exact) mass is 297 g/mol. The lowest BCUT2D eigenvalue weighted by Crippen LogP contribution is -2.18. The Morgan fingerprint density at radius 2 is 2.14 bits per heavy atom. The molecule has 1 aromatic carbocycles. The summed E-state index contributed by atoms with van der Waals surface area (Å²) in [7, 11) is 1.93. The average molecular weight is 297 g/mol. The van der Waals surface area contributed by atoms with Crippen LogP contribution in [-0.4, -0.2) is 26.2 Å². The van der Waals surface area contributed by atoms with Gasteiger partial charge >= 0.3 is 0 Å². The standard InChI is InChI=1S/C16H19N5O/c1-20-15-7-13(14(17)6-11(15)8-18-20)12-9-19-21(10-12)16-4-2-3-5-22-16/h6-10,16H,2-5,17H2,1H3. The van der Waals surface area contributed by atoms with Gasteiger partial charge in [0.15, 0.2) is 0 Å². The van der Waals surface area contributed by atoms with Gasteiger partial charge in [-0.3, -0.25) is 4.68 Å². The Hall–Kier alpha value is -2.34. The maximum atomic E-state index is 6.21. The lowest BCUT2D eigenvalue weighted by atomic mass is 10.1. The molecule has 6 nitrogen and oxygen atoms in total. The molecule has 1 atom stereocenters. The second-order valence-electron chi connectivity index (χ2n) is 5.80. The number of aryl methyl sites for hydroxylation is 1. The molecule has 4 rings (SSSR count). The number of nitrogens with zero attached hydrogens (tertiary/aromatic N) is 4. The summed E-state index contributed by atoms with van der Waals surface area (Å²) in [4.78, 5) is 0. The van der Waals surface area contributed by atoms with E-state index in [4.69, 9.17) is 10.5 Å². The van der Waals surface area contributed by atoms with Gasteiger partial charge in [-0.05, 0) is 31.4 Å². The number of ether oxygens (including phenoxy) is 1. The molecule has 3 aromatic rings. The minimum Gasteiger partial charge on any atom is -0.398 e. The molecular weight excluding hydrogens is 278 g/mol. The number of hydrogen-bond donors (Lipinski definition) is 1. The van der Waals surface area contributed by atoms with Gasteiger partial charge in [0.25, 0.3) is 0 Å². The summed E-state index contributed by atoms with van der Waals surface area (Å²) in [5.74, 6) is 0. The molecule has 2 aromatic heterocycles. The van der Waals surface area contributed by atoms with E-state index in [1.54, 1.807) is 0 Å². The number of benzene rings is 1. The van der Waals surface area contributed by atoms with Crippen molar-refractivity contribution in [2.24, 2.45) is 7.05 Å². The predicted octanol–water partition coefficient (Wildman–Crippen LogP) is 2.72. The number of anilines is 1. The second-order valence-corrected chi connectivity index (χ2v) is 5.80. The Balaban J connectivity index is 1.73. The average Bonchev–Trinajstić information content (AvgIpc) is 3.15. The zero-order valence-electron chi connectivity index (χ0n) is 12.6. The summed E-state index contributed by atoms with van der Waals surface area (Å²) in [5, 5.41) is 9.78. The topological polar surface area (TPSA) is 70.9 Å². The first-order chi connectivity index (χ1) is 10.7. The van der Waals surface area contributed by atoms with Crippen LogP contribution in [0.1, 0.15) is 25.5 Å². The molecule has 1 saturated heterocycles. The van der Waals surface area contributed by atoms with Crippen LogP contribution in [-0.2, 0) is 11.8 Å². The fourth-order valence-electron chi connectivity index (χ4n) is 3.03. The first-order valence-electron chi connectivity index (χ1n) is 7.60. The van der Waals surface area contributed by atoms with Crippen molar-refractivity contribution < 1.29 is 4.74 Å². The highest BCUT2D eigenvalue weighted by Gasteiger charge is 2.17. The van der Waals surface area contributed by atoms with Gasteiger partial charge in [0.1, 0.15) is 6.23 Å². The fraction of sp³-hybridized carbons (Fsp3) is 0.375. The number of hydrogen-bond acceptors (Lipinski definition) is 4. The maximum absolute atomic E-state index is 6.21. The molecule has 22 heavy (non-hydrogen) atoms. The Morgan fingerprint density at radius 3 is 2.95 bits per heavy atom. The first kappa shape index (κ1) is 13.3. The van der Waals surface area contributed by atoms with E-state index in [0.717, 1.165) is 47.2 Å². The van der Waals surface area contributed by atoms with Crippen molar-refractivity contribution in [1.82, 2.24) is 19.6 Å². The molecule has 0 amide bonds. The molecule has 1 fully saturated rings. The highest BCUT2D eigenvalue weighted by atomic mass is 16.5. The van der Waals surface area contributed by atoms with Crippen LogP contribution in [0, 0.1) is 0 Å². The van der Waals surface area contributed by atoms with Crippen LogP contribution in [0.3, 0.4) is 0 Å². The number of nitrogen functional groups attached to an aromatic ring is 1. The largest absolute Gasteiger partial charge is 0.398 e. The van der Waals surface area contributed by atoms with E-state index >= 15 is 0 Å². The number of rotatable bonds is 2. The lowest BCUT2D eigenvalue weighted by Gasteiger charge is -2.22. The molecule has 6 heteroatoms. The molecule has 3 heterocycles. The molecule has 0 aliphatic carbocycles. The van der Waals surface area contributed by atoms with Gasteiger partial charge in [-0.2, -0.15) is 10.2 Å².